The van der Waals surface area contributed by atoms with Gasteiger partial charge >= 0.3 is 6.18 Å². The van der Waals surface area contributed by atoms with Crippen LogP contribution in [0.4, 0.5) is 17.6 Å². The van der Waals surface area contributed by atoms with Gasteiger partial charge in [-0.05, 0) is 42.2 Å². The van der Waals surface area contributed by atoms with Crippen molar-refractivity contribution in [1.29, 1.82) is 0 Å². The van der Waals surface area contributed by atoms with Crippen LogP contribution in [0.1, 0.15) is 23.7 Å². The topological polar surface area (TPSA) is 60.7 Å². The highest BCUT2D eigenvalue weighted by atomic mass is 19.4. The summed E-state index contributed by atoms with van der Waals surface area (Å²) >= 11 is 0. The zero-order chi connectivity index (χ0) is 22.9. The largest absolute Gasteiger partial charge is 0.434 e. The molecule has 0 aliphatic rings. The second-order valence-corrected chi connectivity index (χ2v) is 7.15. The fraction of sp³-hybridized carbons (Fsp3) is 0.217. The van der Waals surface area contributed by atoms with E-state index in [0.717, 1.165) is 16.3 Å². The number of benzene rings is 1. The Balaban J connectivity index is 1.98. The Kier molecular flexibility index (Phi) is 5.73. The molecule has 3 aromatic heterocycles. The summed E-state index contributed by atoms with van der Waals surface area (Å²) in [6.07, 6.45) is -1.66. The lowest BCUT2D eigenvalue weighted by molar-refractivity contribution is -0.139. The van der Waals surface area contributed by atoms with E-state index in [1.54, 1.807) is 18.2 Å². The Morgan fingerprint density at radius 3 is 2.44 bits per heavy atom. The lowest BCUT2D eigenvalue weighted by Crippen LogP contribution is -2.27. The van der Waals surface area contributed by atoms with Crippen LogP contribution in [-0.2, 0) is 25.6 Å². The van der Waals surface area contributed by atoms with Crippen LogP contribution in [0.15, 0.2) is 59.7 Å². The molecule has 0 spiro atoms. The summed E-state index contributed by atoms with van der Waals surface area (Å²) < 4.78 is 56.0. The molecule has 0 atom stereocenters. The fourth-order valence-corrected chi connectivity index (χ4v) is 3.62. The third-order valence-electron chi connectivity index (χ3n) is 5.19. The predicted octanol–water partition coefficient (Wildman–Crippen LogP) is 4.82. The second kappa shape index (κ2) is 8.49. The van der Waals surface area contributed by atoms with Gasteiger partial charge < -0.3 is 0 Å². The van der Waals surface area contributed by atoms with E-state index < -0.39 is 28.6 Å². The molecule has 0 radical (unpaired) electrons. The van der Waals surface area contributed by atoms with Crippen molar-refractivity contribution in [3.63, 3.8) is 0 Å². The molecule has 0 aliphatic heterocycles. The van der Waals surface area contributed by atoms with Crippen molar-refractivity contribution in [1.82, 2.24) is 19.5 Å². The lowest BCUT2D eigenvalue weighted by atomic mass is 10.1. The van der Waals surface area contributed by atoms with Gasteiger partial charge in [0.25, 0.3) is 5.56 Å². The van der Waals surface area contributed by atoms with Crippen molar-refractivity contribution < 1.29 is 17.6 Å². The van der Waals surface area contributed by atoms with Gasteiger partial charge in [0.05, 0.1) is 10.9 Å². The molecule has 9 heteroatoms. The Hall–Kier alpha value is -3.62. The standard InChI is InChI=1S/C23H18F4N4O/c1-2-14-7-5-11-28-19(14)21-30-17-9-12-29-20(23(25,26)27)18(17)22(32)31(21)13-10-15-6-3-4-8-16(15)24/h3-9,11-12H,2,10,13H2,1H3. The van der Waals surface area contributed by atoms with Crippen molar-refractivity contribution in [3.8, 4) is 11.5 Å². The van der Waals surface area contributed by atoms with E-state index in [1.807, 2.05) is 13.0 Å². The maximum atomic E-state index is 14.1. The number of nitrogens with zero attached hydrogens (tertiary/aromatic N) is 4. The predicted molar refractivity (Wildman–Crippen MR) is 112 cm³/mol. The number of hydrogen-bond acceptors (Lipinski definition) is 4. The van der Waals surface area contributed by atoms with Crippen LogP contribution < -0.4 is 5.56 Å². The first-order valence-corrected chi connectivity index (χ1v) is 9.95. The Labute approximate surface area is 180 Å². The van der Waals surface area contributed by atoms with Gasteiger partial charge in [-0.3, -0.25) is 19.3 Å². The Morgan fingerprint density at radius 2 is 1.72 bits per heavy atom. The highest BCUT2D eigenvalue weighted by Crippen LogP contribution is 2.32. The van der Waals surface area contributed by atoms with Gasteiger partial charge in [-0.15, -0.1) is 0 Å². The summed E-state index contributed by atoms with van der Waals surface area (Å²) in [6, 6.07) is 10.9. The van der Waals surface area contributed by atoms with Gasteiger partial charge in [-0.1, -0.05) is 31.2 Å². The van der Waals surface area contributed by atoms with Crippen molar-refractivity contribution in [2.75, 3.05) is 0 Å². The van der Waals surface area contributed by atoms with E-state index in [0.29, 0.717) is 17.7 Å². The second-order valence-electron chi connectivity index (χ2n) is 7.15. The molecule has 0 bridgehead atoms. The van der Waals surface area contributed by atoms with Crippen molar-refractivity contribution >= 4 is 10.9 Å². The smallest absolute Gasteiger partial charge is 0.290 e. The van der Waals surface area contributed by atoms with E-state index in [4.69, 9.17) is 0 Å². The molecular formula is C23H18F4N4O. The third kappa shape index (κ3) is 3.98. The van der Waals surface area contributed by atoms with Gasteiger partial charge in [0, 0.05) is 18.9 Å². The molecule has 164 valence electrons. The summed E-state index contributed by atoms with van der Waals surface area (Å²) in [6.45, 7) is 1.82. The average molecular weight is 442 g/mol. The molecule has 4 rings (SSSR count). The van der Waals surface area contributed by atoms with Crippen LogP contribution in [-0.4, -0.2) is 19.5 Å². The monoisotopic (exact) mass is 442 g/mol. The number of fused-ring (bicyclic) bond motifs is 1. The lowest BCUT2D eigenvalue weighted by Gasteiger charge is -2.17. The van der Waals surface area contributed by atoms with Crippen molar-refractivity contribution in [2.24, 2.45) is 0 Å². The van der Waals surface area contributed by atoms with E-state index in [9.17, 15) is 22.4 Å². The molecule has 0 unspecified atom stereocenters. The van der Waals surface area contributed by atoms with E-state index in [-0.39, 0.29) is 24.3 Å². The molecule has 4 aromatic rings. The number of pyridine rings is 2. The van der Waals surface area contributed by atoms with Gasteiger partial charge in [0.15, 0.2) is 11.5 Å². The maximum Gasteiger partial charge on any atom is 0.434 e. The maximum absolute atomic E-state index is 14.1. The van der Waals surface area contributed by atoms with Crippen LogP contribution in [0.5, 0.6) is 0 Å². The average Bonchev–Trinajstić information content (AvgIpc) is 2.78. The summed E-state index contributed by atoms with van der Waals surface area (Å²) in [4.78, 5) is 25.5. The number of halogens is 4. The zero-order valence-electron chi connectivity index (χ0n) is 17.0. The van der Waals surface area contributed by atoms with E-state index >= 15 is 0 Å². The molecule has 32 heavy (non-hydrogen) atoms. The molecule has 3 heterocycles. The van der Waals surface area contributed by atoms with Crippen molar-refractivity contribution in [2.45, 2.75) is 32.5 Å². The van der Waals surface area contributed by atoms with E-state index in [2.05, 4.69) is 15.0 Å². The minimum atomic E-state index is -4.83. The highest BCUT2D eigenvalue weighted by molar-refractivity contribution is 5.82. The van der Waals surface area contributed by atoms with Crippen LogP contribution in [0, 0.1) is 5.82 Å². The molecule has 0 saturated heterocycles. The fourth-order valence-electron chi connectivity index (χ4n) is 3.62. The first-order valence-electron chi connectivity index (χ1n) is 9.95. The van der Waals surface area contributed by atoms with Gasteiger partial charge in [0.1, 0.15) is 11.5 Å². The molecule has 0 saturated carbocycles. The van der Waals surface area contributed by atoms with Crippen LogP contribution in [0.2, 0.25) is 0 Å². The van der Waals surface area contributed by atoms with Gasteiger partial charge in [-0.2, -0.15) is 13.2 Å². The van der Waals surface area contributed by atoms with Crippen LogP contribution >= 0.6 is 0 Å². The molecular weight excluding hydrogens is 424 g/mol. The number of aryl methyl sites for hydroxylation is 2. The van der Waals surface area contributed by atoms with Crippen LogP contribution in [0.25, 0.3) is 22.4 Å². The number of hydrogen-bond donors (Lipinski definition) is 0. The molecule has 5 nitrogen and oxygen atoms in total. The van der Waals surface area contributed by atoms with Crippen LogP contribution in [0.3, 0.4) is 0 Å². The SMILES string of the molecule is CCc1cccnc1-c1nc2ccnc(C(F)(F)F)c2c(=O)n1CCc1ccccc1F. The van der Waals surface area contributed by atoms with Gasteiger partial charge in [-0.25, -0.2) is 9.37 Å². The molecule has 0 fully saturated rings. The third-order valence-corrected chi connectivity index (χ3v) is 5.19. The van der Waals surface area contributed by atoms with Gasteiger partial charge in [0.2, 0.25) is 0 Å². The Bertz CT molecular complexity index is 1350. The molecule has 0 N–H and O–H groups in total. The number of rotatable bonds is 5. The summed E-state index contributed by atoms with van der Waals surface area (Å²) in [5, 5.41) is -0.619. The Morgan fingerprint density at radius 1 is 0.969 bits per heavy atom. The minimum absolute atomic E-state index is 0.0794. The quantitative estimate of drug-likeness (QED) is 0.416. The molecule has 0 amide bonds. The first kappa shape index (κ1) is 21.6. The van der Waals surface area contributed by atoms with Crippen molar-refractivity contribution in [3.05, 3.63) is 87.9 Å². The zero-order valence-corrected chi connectivity index (χ0v) is 17.0. The normalized spacial score (nSPS) is 11.8. The first-order chi connectivity index (χ1) is 15.3. The number of aromatic nitrogens is 4. The number of alkyl halides is 3. The molecule has 1 aromatic carbocycles. The highest BCUT2D eigenvalue weighted by Gasteiger charge is 2.36. The summed E-state index contributed by atoms with van der Waals surface area (Å²) in [7, 11) is 0. The summed E-state index contributed by atoms with van der Waals surface area (Å²) in [5.74, 6) is -0.323. The van der Waals surface area contributed by atoms with E-state index in [1.165, 1.54) is 24.4 Å². The summed E-state index contributed by atoms with van der Waals surface area (Å²) in [5.41, 5.74) is -0.798. The minimum Gasteiger partial charge on any atom is -0.290 e. The molecule has 0 aliphatic carbocycles.